The quantitative estimate of drug-likeness (QED) is 0.847. The van der Waals surface area contributed by atoms with Crippen molar-refractivity contribution in [3.8, 4) is 0 Å². The van der Waals surface area contributed by atoms with Gasteiger partial charge in [0.15, 0.2) is 0 Å². The van der Waals surface area contributed by atoms with Crippen molar-refractivity contribution < 1.29 is 4.39 Å². The number of hydrogen-bond acceptors (Lipinski definition) is 2. The Morgan fingerprint density at radius 2 is 2.00 bits per heavy atom. The lowest BCUT2D eigenvalue weighted by Crippen LogP contribution is -2.22. The molecule has 0 atom stereocenters. The third kappa shape index (κ3) is 3.35. The van der Waals surface area contributed by atoms with Gasteiger partial charge in [-0.05, 0) is 29.8 Å². The maximum absolute atomic E-state index is 13.3. The van der Waals surface area contributed by atoms with Crippen LogP contribution in [0.4, 0.5) is 10.1 Å². The van der Waals surface area contributed by atoms with Gasteiger partial charge in [0.05, 0.1) is 0 Å². The maximum Gasteiger partial charge on any atom is 0.124 e. The first-order valence-corrected chi connectivity index (χ1v) is 7.23. The first-order valence-electron chi connectivity index (χ1n) is 6.03. The first-order chi connectivity index (χ1) is 9.49. The van der Waals surface area contributed by atoms with Crippen LogP contribution in [-0.4, -0.2) is 12.0 Å². The van der Waals surface area contributed by atoms with E-state index in [1.165, 1.54) is 12.1 Å². The Labute approximate surface area is 131 Å². The van der Waals surface area contributed by atoms with E-state index in [0.29, 0.717) is 12.1 Å². The van der Waals surface area contributed by atoms with Gasteiger partial charge in [0.1, 0.15) is 10.8 Å². The van der Waals surface area contributed by atoms with Gasteiger partial charge in [-0.1, -0.05) is 46.3 Å². The van der Waals surface area contributed by atoms with E-state index in [1.54, 1.807) is 6.07 Å². The fourth-order valence-electron chi connectivity index (χ4n) is 2.01. The van der Waals surface area contributed by atoms with E-state index in [4.69, 9.17) is 18.0 Å². The van der Waals surface area contributed by atoms with Gasteiger partial charge in [-0.25, -0.2) is 4.39 Å². The molecule has 0 spiro atoms. The van der Waals surface area contributed by atoms with Crippen LogP contribution < -0.4 is 10.6 Å². The Morgan fingerprint density at radius 3 is 2.65 bits per heavy atom. The summed E-state index contributed by atoms with van der Waals surface area (Å²) < 4.78 is 14.4. The second-order valence-corrected chi connectivity index (χ2v) is 5.77. The van der Waals surface area contributed by atoms with Crippen molar-refractivity contribution in [2.45, 2.75) is 6.54 Å². The Balaban J connectivity index is 2.32. The molecule has 5 heteroatoms. The smallest absolute Gasteiger partial charge is 0.124 e. The van der Waals surface area contributed by atoms with Gasteiger partial charge >= 0.3 is 0 Å². The summed E-state index contributed by atoms with van der Waals surface area (Å²) in [4.78, 5) is 2.19. The topological polar surface area (TPSA) is 29.3 Å². The van der Waals surface area contributed by atoms with Crippen molar-refractivity contribution in [3.05, 3.63) is 63.9 Å². The summed E-state index contributed by atoms with van der Waals surface area (Å²) in [6.45, 7) is 0.669. The van der Waals surface area contributed by atoms with Crippen LogP contribution >= 0.6 is 28.1 Å². The average molecular weight is 353 g/mol. The Kier molecular flexibility index (Phi) is 4.73. The maximum atomic E-state index is 13.3. The van der Waals surface area contributed by atoms with Crippen molar-refractivity contribution in [2.24, 2.45) is 5.73 Å². The van der Waals surface area contributed by atoms with Crippen molar-refractivity contribution in [1.29, 1.82) is 0 Å². The Morgan fingerprint density at radius 1 is 1.30 bits per heavy atom. The van der Waals surface area contributed by atoms with Gasteiger partial charge in [-0.2, -0.15) is 0 Å². The van der Waals surface area contributed by atoms with Crippen molar-refractivity contribution in [1.82, 2.24) is 0 Å². The molecule has 2 aromatic carbocycles. The molecule has 104 valence electrons. The predicted octanol–water partition coefficient (Wildman–Crippen LogP) is 3.86. The molecular weight excluding hydrogens is 339 g/mol. The molecule has 0 aliphatic heterocycles. The Hall–Kier alpha value is -1.46. The summed E-state index contributed by atoms with van der Waals surface area (Å²) in [7, 11) is 1.93. The molecule has 0 aromatic heterocycles. The van der Waals surface area contributed by atoms with Gasteiger partial charge < -0.3 is 10.6 Å². The summed E-state index contributed by atoms with van der Waals surface area (Å²) in [5.74, 6) is -0.342. The van der Waals surface area contributed by atoms with E-state index >= 15 is 0 Å². The van der Waals surface area contributed by atoms with Crippen LogP contribution in [0.2, 0.25) is 0 Å². The molecule has 2 nitrogen and oxygen atoms in total. The zero-order valence-electron chi connectivity index (χ0n) is 10.9. The molecule has 0 aliphatic carbocycles. The summed E-state index contributed by atoms with van der Waals surface area (Å²) in [6.07, 6.45) is 0. The second-order valence-electron chi connectivity index (χ2n) is 4.47. The fraction of sp³-hybridized carbons (Fsp3) is 0.133. The largest absolute Gasteiger partial charge is 0.389 e. The van der Waals surface area contributed by atoms with Crippen molar-refractivity contribution in [2.75, 3.05) is 11.9 Å². The molecule has 0 aliphatic rings. The molecule has 0 heterocycles. The van der Waals surface area contributed by atoms with E-state index in [2.05, 4.69) is 15.9 Å². The standard InChI is InChI=1S/C15H14BrFN2S/c1-19(9-10-4-2-3-5-13(10)16)14-7-6-11(17)8-12(14)15(18)20/h2-8H,9H2,1H3,(H2,18,20). The highest BCUT2D eigenvalue weighted by Gasteiger charge is 2.12. The summed E-state index contributed by atoms with van der Waals surface area (Å²) in [5.41, 5.74) is 8.17. The van der Waals surface area contributed by atoms with Gasteiger partial charge in [-0.15, -0.1) is 0 Å². The molecule has 0 fully saturated rings. The predicted molar refractivity (Wildman–Crippen MR) is 88.5 cm³/mol. The average Bonchev–Trinajstić information content (AvgIpc) is 2.41. The van der Waals surface area contributed by atoms with E-state index in [-0.39, 0.29) is 10.8 Å². The van der Waals surface area contributed by atoms with E-state index in [0.717, 1.165) is 15.7 Å². The first kappa shape index (κ1) is 14.9. The number of anilines is 1. The van der Waals surface area contributed by atoms with Crippen LogP contribution in [0.3, 0.4) is 0 Å². The third-order valence-corrected chi connectivity index (χ3v) is 3.99. The Bertz CT molecular complexity index is 646. The van der Waals surface area contributed by atoms with Crippen molar-refractivity contribution >= 4 is 38.8 Å². The highest BCUT2D eigenvalue weighted by Crippen LogP contribution is 2.24. The number of hydrogen-bond donors (Lipinski definition) is 1. The van der Waals surface area contributed by atoms with E-state index in [9.17, 15) is 4.39 Å². The highest BCUT2D eigenvalue weighted by atomic mass is 79.9. The monoisotopic (exact) mass is 352 g/mol. The third-order valence-electron chi connectivity index (χ3n) is 3.00. The summed E-state index contributed by atoms with van der Waals surface area (Å²) >= 11 is 8.51. The van der Waals surface area contributed by atoms with Crippen molar-refractivity contribution in [3.63, 3.8) is 0 Å². The zero-order chi connectivity index (χ0) is 14.7. The molecular formula is C15H14BrFN2S. The minimum absolute atomic E-state index is 0.193. The lowest BCUT2D eigenvalue weighted by molar-refractivity contribution is 0.627. The van der Waals surface area contributed by atoms with Gasteiger partial charge in [0, 0.05) is 29.3 Å². The van der Waals surface area contributed by atoms with Crippen LogP contribution in [0.1, 0.15) is 11.1 Å². The number of benzene rings is 2. The normalized spacial score (nSPS) is 10.3. The molecule has 2 rings (SSSR count). The number of halogens is 2. The molecule has 0 radical (unpaired) electrons. The number of nitrogens with two attached hydrogens (primary N) is 1. The minimum Gasteiger partial charge on any atom is -0.389 e. The SMILES string of the molecule is CN(Cc1ccccc1Br)c1ccc(F)cc1C(N)=S. The second kappa shape index (κ2) is 6.33. The number of nitrogens with zero attached hydrogens (tertiary/aromatic N) is 1. The van der Waals surface area contributed by atoms with Gasteiger partial charge in [0.25, 0.3) is 0 Å². The lowest BCUT2D eigenvalue weighted by atomic mass is 10.1. The zero-order valence-corrected chi connectivity index (χ0v) is 13.3. The number of rotatable bonds is 4. The minimum atomic E-state index is -0.342. The molecule has 0 amide bonds. The van der Waals surface area contributed by atoms with Crippen LogP contribution in [0, 0.1) is 5.82 Å². The van der Waals surface area contributed by atoms with Gasteiger partial charge in [0.2, 0.25) is 0 Å². The molecule has 0 saturated carbocycles. The van der Waals surface area contributed by atoms with Crippen LogP contribution in [0.5, 0.6) is 0 Å². The number of thiocarbonyl (C=S) groups is 1. The molecule has 0 unspecified atom stereocenters. The molecule has 2 aromatic rings. The van der Waals surface area contributed by atoms with E-state index in [1.807, 2.05) is 36.2 Å². The summed E-state index contributed by atoms with van der Waals surface area (Å²) in [6, 6.07) is 12.4. The molecule has 0 bridgehead atoms. The molecule has 20 heavy (non-hydrogen) atoms. The lowest BCUT2D eigenvalue weighted by Gasteiger charge is -2.23. The van der Waals surface area contributed by atoms with Crippen LogP contribution in [0.25, 0.3) is 0 Å². The fourth-order valence-corrected chi connectivity index (χ4v) is 2.58. The van der Waals surface area contributed by atoms with E-state index < -0.39 is 0 Å². The van der Waals surface area contributed by atoms with Crippen LogP contribution in [-0.2, 0) is 6.54 Å². The summed E-state index contributed by atoms with van der Waals surface area (Å²) in [5, 5.41) is 0. The highest BCUT2D eigenvalue weighted by molar-refractivity contribution is 9.10. The van der Waals surface area contributed by atoms with Gasteiger partial charge in [-0.3, -0.25) is 0 Å². The molecule has 2 N–H and O–H groups in total. The van der Waals surface area contributed by atoms with Crippen LogP contribution in [0.15, 0.2) is 46.9 Å². The molecule has 0 saturated heterocycles.